The summed E-state index contributed by atoms with van der Waals surface area (Å²) in [5.74, 6) is 0.451. The predicted molar refractivity (Wildman–Crippen MR) is 102 cm³/mol. The molecule has 0 aliphatic carbocycles. The van der Waals surface area contributed by atoms with Gasteiger partial charge in [0.1, 0.15) is 23.2 Å². The van der Waals surface area contributed by atoms with Gasteiger partial charge in [0, 0.05) is 13.1 Å². The number of carbonyl (C=O) groups is 1. The number of imidazole rings is 1. The number of nitrogens with one attached hydrogen (secondary N) is 3. The molecule has 0 aliphatic rings. The minimum atomic E-state index is -1.04. The van der Waals surface area contributed by atoms with Gasteiger partial charge >= 0.3 is 5.97 Å². The van der Waals surface area contributed by atoms with Gasteiger partial charge in [0.05, 0.1) is 27.9 Å². The van der Waals surface area contributed by atoms with Gasteiger partial charge in [-0.15, -0.1) is 0 Å². The van der Waals surface area contributed by atoms with E-state index in [4.69, 9.17) is 5.11 Å². The SMILES string of the molecule is CNc1cc(-c2cc(-c3nc4ccc(C(=O)O)cc4[nH]3)c(=O)[nH]n2)nc(C)n1. The number of nitrogens with zero attached hydrogens (tertiary/aromatic N) is 4. The maximum atomic E-state index is 12.3. The summed E-state index contributed by atoms with van der Waals surface area (Å²) in [6, 6.07) is 7.81. The minimum absolute atomic E-state index is 0.128. The quantitative estimate of drug-likeness (QED) is 0.421. The molecule has 0 bridgehead atoms. The number of hydrogen-bond donors (Lipinski definition) is 4. The van der Waals surface area contributed by atoms with Crippen molar-refractivity contribution in [3.05, 3.63) is 52.1 Å². The van der Waals surface area contributed by atoms with E-state index >= 15 is 0 Å². The number of carboxylic acid groups (broad SMARTS) is 1. The summed E-state index contributed by atoms with van der Waals surface area (Å²) in [5, 5.41) is 18.6. The van der Waals surface area contributed by atoms with Crippen LogP contribution in [-0.2, 0) is 0 Å². The van der Waals surface area contributed by atoms with E-state index < -0.39 is 11.5 Å². The van der Waals surface area contributed by atoms with Crippen molar-refractivity contribution in [1.82, 2.24) is 30.1 Å². The van der Waals surface area contributed by atoms with Gasteiger partial charge in [0.25, 0.3) is 5.56 Å². The highest BCUT2D eigenvalue weighted by atomic mass is 16.4. The molecule has 0 radical (unpaired) electrons. The van der Waals surface area contributed by atoms with Crippen LogP contribution in [0.15, 0.2) is 35.1 Å². The van der Waals surface area contributed by atoms with Crippen LogP contribution in [0.25, 0.3) is 33.8 Å². The van der Waals surface area contributed by atoms with Crippen molar-refractivity contribution in [2.75, 3.05) is 12.4 Å². The van der Waals surface area contributed by atoms with Crippen LogP contribution >= 0.6 is 0 Å². The molecule has 0 spiro atoms. The molecule has 10 nitrogen and oxygen atoms in total. The summed E-state index contributed by atoms with van der Waals surface area (Å²) in [6.45, 7) is 1.76. The summed E-state index contributed by atoms with van der Waals surface area (Å²) < 4.78 is 0. The van der Waals surface area contributed by atoms with Gasteiger partial charge in [-0.25, -0.2) is 24.8 Å². The molecule has 0 saturated carbocycles. The molecule has 0 atom stereocenters. The number of anilines is 1. The number of benzene rings is 1. The molecule has 28 heavy (non-hydrogen) atoms. The number of H-pyrrole nitrogens is 2. The molecule has 4 aromatic rings. The van der Waals surface area contributed by atoms with Crippen LogP contribution in [0.3, 0.4) is 0 Å². The van der Waals surface area contributed by atoms with Gasteiger partial charge in [-0.3, -0.25) is 4.79 Å². The minimum Gasteiger partial charge on any atom is -0.478 e. The third-order valence-corrected chi connectivity index (χ3v) is 4.14. The first-order valence-electron chi connectivity index (χ1n) is 8.31. The van der Waals surface area contributed by atoms with Gasteiger partial charge in [-0.2, -0.15) is 5.10 Å². The largest absolute Gasteiger partial charge is 0.478 e. The highest BCUT2D eigenvalue weighted by Crippen LogP contribution is 2.23. The predicted octanol–water partition coefficient (Wildman–Crippen LogP) is 1.82. The number of aryl methyl sites for hydroxylation is 1. The number of carboxylic acids is 1. The molecule has 0 aliphatic heterocycles. The Bertz CT molecular complexity index is 1280. The Hall–Kier alpha value is -4.08. The number of fused-ring (bicyclic) bond motifs is 1. The fraction of sp³-hybridized carbons (Fsp3) is 0.111. The zero-order valence-electron chi connectivity index (χ0n) is 14.9. The van der Waals surface area contributed by atoms with E-state index in [9.17, 15) is 9.59 Å². The lowest BCUT2D eigenvalue weighted by Gasteiger charge is -2.05. The Morgan fingerprint density at radius 2 is 1.93 bits per heavy atom. The van der Waals surface area contributed by atoms with Crippen molar-refractivity contribution in [3.8, 4) is 22.8 Å². The molecule has 1 aromatic carbocycles. The Balaban J connectivity index is 1.84. The lowest BCUT2D eigenvalue weighted by atomic mass is 10.2. The number of aromatic nitrogens is 6. The summed E-state index contributed by atoms with van der Waals surface area (Å²) >= 11 is 0. The standard InChI is InChI=1S/C18H15N7O3/c1-8-20-13(7-15(19-2)21-8)14-6-10(17(26)25-24-14)16-22-11-4-3-9(18(27)28)5-12(11)23-16/h3-7H,1-2H3,(H,22,23)(H,25,26)(H,27,28)(H,19,20,21). The highest BCUT2D eigenvalue weighted by Gasteiger charge is 2.14. The third-order valence-electron chi connectivity index (χ3n) is 4.14. The molecule has 3 aromatic heterocycles. The Morgan fingerprint density at radius 1 is 1.11 bits per heavy atom. The summed E-state index contributed by atoms with van der Waals surface area (Å²) in [6.07, 6.45) is 0. The molecule has 0 unspecified atom stereocenters. The van der Waals surface area contributed by atoms with Gasteiger partial charge < -0.3 is 15.4 Å². The Labute approximate surface area is 157 Å². The van der Waals surface area contributed by atoms with Crippen LogP contribution in [0.5, 0.6) is 0 Å². The normalized spacial score (nSPS) is 10.9. The molecule has 4 rings (SSSR count). The van der Waals surface area contributed by atoms with Crippen molar-refractivity contribution in [2.45, 2.75) is 6.92 Å². The number of aromatic amines is 2. The molecule has 4 N–H and O–H groups in total. The third kappa shape index (κ3) is 3.07. The highest BCUT2D eigenvalue weighted by molar-refractivity contribution is 5.93. The fourth-order valence-corrected chi connectivity index (χ4v) is 2.81. The second-order valence-corrected chi connectivity index (χ2v) is 6.05. The average Bonchev–Trinajstić information content (AvgIpc) is 3.10. The fourth-order valence-electron chi connectivity index (χ4n) is 2.81. The van der Waals surface area contributed by atoms with Crippen LogP contribution in [0.4, 0.5) is 5.82 Å². The van der Waals surface area contributed by atoms with Crippen LogP contribution in [0, 0.1) is 6.92 Å². The monoisotopic (exact) mass is 377 g/mol. The van der Waals surface area contributed by atoms with Crippen molar-refractivity contribution in [2.24, 2.45) is 0 Å². The molecule has 10 heteroatoms. The van der Waals surface area contributed by atoms with E-state index in [2.05, 4.69) is 35.5 Å². The first-order valence-corrected chi connectivity index (χ1v) is 8.31. The molecule has 140 valence electrons. The maximum absolute atomic E-state index is 12.3. The topological polar surface area (TPSA) is 150 Å². The molecule has 3 heterocycles. The smallest absolute Gasteiger partial charge is 0.335 e. The van der Waals surface area contributed by atoms with E-state index in [0.717, 1.165) is 0 Å². The lowest BCUT2D eigenvalue weighted by Crippen LogP contribution is -2.12. The van der Waals surface area contributed by atoms with Crippen molar-refractivity contribution < 1.29 is 9.90 Å². The number of rotatable bonds is 4. The second-order valence-electron chi connectivity index (χ2n) is 6.05. The van der Waals surface area contributed by atoms with Crippen molar-refractivity contribution in [1.29, 1.82) is 0 Å². The molecule has 0 saturated heterocycles. The first-order chi connectivity index (χ1) is 13.4. The van der Waals surface area contributed by atoms with Crippen LogP contribution < -0.4 is 10.9 Å². The Kier molecular flexibility index (Phi) is 4.07. The van der Waals surface area contributed by atoms with Crippen LogP contribution in [0.1, 0.15) is 16.2 Å². The van der Waals surface area contributed by atoms with E-state index in [-0.39, 0.29) is 11.1 Å². The zero-order valence-corrected chi connectivity index (χ0v) is 14.9. The van der Waals surface area contributed by atoms with Crippen molar-refractivity contribution in [3.63, 3.8) is 0 Å². The molecular weight excluding hydrogens is 362 g/mol. The van der Waals surface area contributed by atoms with Crippen LogP contribution in [-0.4, -0.2) is 48.3 Å². The van der Waals surface area contributed by atoms with Gasteiger partial charge in [-0.1, -0.05) is 0 Å². The number of hydrogen-bond acceptors (Lipinski definition) is 7. The van der Waals surface area contributed by atoms with E-state index in [0.29, 0.717) is 39.9 Å². The second kappa shape index (κ2) is 6.58. The first kappa shape index (κ1) is 17.3. The maximum Gasteiger partial charge on any atom is 0.335 e. The van der Waals surface area contributed by atoms with Crippen LogP contribution in [0.2, 0.25) is 0 Å². The van der Waals surface area contributed by atoms with Gasteiger partial charge in [0.2, 0.25) is 0 Å². The molecule has 0 fully saturated rings. The van der Waals surface area contributed by atoms with Gasteiger partial charge in [-0.05, 0) is 31.2 Å². The van der Waals surface area contributed by atoms with Crippen molar-refractivity contribution >= 4 is 22.8 Å². The van der Waals surface area contributed by atoms with E-state index in [1.807, 2.05) is 0 Å². The Morgan fingerprint density at radius 3 is 2.68 bits per heavy atom. The summed E-state index contributed by atoms with van der Waals surface area (Å²) in [4.78, 5) is 39.4. The van der Waals surface area contributed by atoms with E-state index in [1.54, 1.807) is 32.2 Å². The molecule has 0 amide bonds. The molecular formula is C18H15N7O3. The number of aromatic carboxylic acids is 1. The van der Waals surface area contributed by atoms with E-state index in [1.165, 1.54) is 12.1 Å². The summed E-state index contributed by atoms with van der Waals surface area (Å²) in [5.41, 5.74) is 2.02. The average molecular weight is 377 g/mol. The zero-order chi connectivity index (χ0) is 19.8. The summed E-state index contributed by atoms with van der Waals surface area (Å²) in [7, 11) is 1.75. The van der Waals surface area contributed by atoms with Gasteiger partial charge in [0.15, 0.2) is 0 Å². The lowest BCUT2D eigenvalue weighted by molar-refractivity contribution is 0.0697.